The first-order valence-electron chi connectivity index (χ1n) is 10.2. The Morgan fingerprint density at radius 3 is 2.34 bits per heavy atom. The summed E-state index contributed by atoms with van der Waals surface area (Å²) in [5, 5.41) is 7.99. The van der Waals surface area contributed by atoms with E-state index in [1.165, 1.54) is 11.3 Å². The largest absolute Gasteiger partial charge is 0.365 e. The third kappa shape index (κ3) is 6.11. The molecule has 0 fully saturated rings. The van der Waals surface area contributed by atoms with Crippen LogP contribution in [0.4, 0.5) is 17.1 Å². The number of nitrogens with one attached hydrogen (secondary N) is 2. The van der Waals surface area contributed by atoms with Gasteiger partial charge >= 0.3 is 0 Å². The minimum absolute atomic E-state index is 0.241. The maximum atomic E-state index is 4.35. The topological polar surface area (TPSA) is 39.7 Å². The van der Waals surface area contributed by atoms with E-state index in [1.807, 2.05) is 24.4 Å². The summed E-state index contributed by atoms with van der Waals surface area (Å²) in [6.07, 6.45) is 4.27. The van der Waals surface area contributed by atoms with E-state index in [9.17, 15) is 0 Å². The molecule has 2 N–H and O–H groups in total. The van der Waals surface area contributed by atoms with Crippen molar-refractivity contribution in [1.29, 1.82) is 0 Å². The molecule has 3 rings (SSSR count). The third-order valence-electron chi connectivity index (χ3n) is 4.86. The van der Waals surface area contributed by atoms with E-state index in [0.29, 0.717) is 0 Å². The van der Waals surface area contributed by atoms with Crippen molar-refractivity contribution >= 4 is 23.3 Å². The van der Waals surface area contributed by atoms with Crippen molar-refractivity contribution in [3.63, 3.8) is 0 Å². The van der Waals surface area contributed by atoms with Crippen molar-refractivity contribution in [2.24, 2.45) is 5.10 Å². The van der Waals surface area contributed by atoms with Crippen LogP contribution in [-0.4, -0.2) is 19.4 Å². The van der Waals surface area contributed by atoms with Gasteiger partial charge in [-0.25, -0.2) is 0 Å². The van der Waals surface area contributed by atoms with Gasteiger partial charge in [-0.05, 0) is 60.9 Å². The Bertz CT molecular complexity index is 904. The Morgan fingerprint density at radius 2 is 1.66 bits per heavy atom. The van der Waals surface area contributed by atoms with Gasteiger partial charge in [0.25, 0.3) is 0 Å². The predicted molar refractivity (Wildman–Crippen MR) is 126 cm³/mol. The Morgan fingerprint density at radius 1 is 0.931 bits per heavy atom. The molecule has 0 spiro atoms. The second-order valence-corrected chi connectivity index (χ2v) is 7.26. The normalized spacial score (nSPS) is 12.0. The smallest absolute Gasteiger partial charge is 0.0986 e. The van der Waals surface area contributed by atoms with Crippen LogP contribution in [0.3, 0.4) is 0 Å². The van der Waals surface area contributed by atoms with E-state index in [4.69, 9.17) is 0 Å². The zero-order valence-corrected chi connectivity index (χ0v) is 17.5. The highest BCUT2D eigenvalue weighted by Gasteiger charge is 2.14. The van der Waals surface area contributed by atoms with Gasteiger partial charge < -0.3 is 10.2 Å². The van der Waals surface area contributed by atoms with Gasteiger partial charge in [0.2, 0.25) is 0 Å². The highest BCUT2D eigenvalue weighted by atomic mass is 15.3. The molecule has 3 aromatic carbocycles. The van der Waals surface area contributed by atoms with Gasteiger partial charge in [0, 0.05) is 18.4 Å². The van der Waals surface area contributed by atoms with Crippen LogP contribution in [0.5, 0.6) is 0 Å². The first-order chi connectivity index (χ1) is 14.2. The van der Waals surface area contributed by atoms with Crippen LogP contribution < -0.4 is 15.6 Å². The van der Waals surface area contributed by atoms with Crippen LogP contribution in [0, 0.1) is 6.92 Å². The summed E-state index contributed by atoms with van der Waals surface area (Å²) in [7, 11) is 2.14. The van der Waals surface area contributed by atoms with Crippen LogP contribution in [0.25, 0.3) is 0 Å². The number of rotatable bonds is 9. The number of hydrazone groups is 1. The molecule has 4 heteroatoms. The molecular weight excluding hydrogens is 356 g/mol. The van der Waals surface area contributed by atoms with Crippen LogP contribution in [0.2, 0.25) is 0 Å². The minimum atomic E-state index is 0.241. The van der Waals surface area contributed by atoms with Crippen molar-refractivity contribution in [1.82, 2.24) is 0 Å². The molecule has 4 nitrogen and oxygen atoms in total. The highest BCUT2D eigenvalue weighted by Crippen LogP contribution is 2.20. The molecule has 0 aliphatic carbocycles. The number of anilines is 3. The van der Waals surface area contributed by atoms with Crippen molar-refractivity contribution < 1.29 is 0 Å². The Kier molecular flexibility index (Phi) is 7.28. The van der Waals surface area contributed by atoms with E-state index in [-0.39, 0.29) is 6.17 Å². The second kappa shape index (κ2) is 10.3. The SMILES string of the molecule is CCCC(Nc1ccccc1)N(C)c1ccc(/C=N/Nc2cccc(C)c2)cc1. The van der Waals surface area contributed by atoms with Gasteiger partial charge in [0.1, 0.15) is 0 Å². The number of hydrogen-bond donors (Lipinski definition) is 2. The summed E-state index contributed by atoms with van der Waals surface area (Å²) in [5.41, 5.74) is 8.67. The molecular formula is C25H30N4. The molecule has 0 amide bonds. The number of hydrogen-bond acceptors (Lipinski definition) is 4. The molecule has 0 saturated heterocycles. The zero-order valence-electron chi connectivity index (χ0n) is 17.5. The van der Waals surface area contributed by atoms with E-state index in [1.54, 1.807) is 0 Å². The summed E-state index contributed by atoms with van der Waals surface area (Å²) >= 11 is 0. The molecule has 0 radical (unpaired) electrons. The minimum Gasteiger partial charge on any atom is -0.365 e. The maximum absolute atomic E-state index is 4.35. The molecule has 0 heterocycles. The Labute approximate surface area is 174 Å². The van der Waals surface area contributed by atoms with Gasteiger partial charge in [0.05, 0.1) is 18.1 Å². The summed E-state index contributed by atoms with van der Waals surface area (Å²) < 4.78 is 0. The van der Waals surface area contributed by atoms with Gasteiger partial charge in [-0.1, -0.05) is 55.8 Å². The van der Waals surface area contributed by atoms with Gasteiger partial charge in [0.15, 0.2) is 0 Å². The lowest BCUT2D eigenvalue weighted by molar-refractivity contribution is 0.628. The average molecular weight is 387 g/mol. The van der Waals surface area contributed by atoms with Crippen molar-refractivity contribution in [3.05, 3.63) is 90.0 Å². The highest BCUT2D eigenvalue weighted by molar-refractivity contribution is 5.81. The maximum Gasteiger partial charge on any atom is 0.0986 e. The summed E-state index contributed by atoms with van der Waals surface area (Å²) in [4.78, 5) is 2.29. The Hall–Kier alpha value is -3.27. The van der Waals surface area contributed by atoms with E-state index in [2.05, 4.69) is 102 Å². The fourth-order valence-corrected chi connectivity index (χ4v) is 3.23. The molecule has 0 aliphatic heterocycles. The second-order valence-electron chi connectivity index (χ2n) is 7.26. The number of para-hydroxylation sites is 1. The zero-order chi connectivity index (χ0) is 20.5. The molecule has 3 aromatic rings. The lowest BCUT2D eigenvalue weighted by Gasteiger charge is -2.31. The van der Waals surface area contributed by atoms with Crippen molar-refractivity contribution in [2.45, 2.75) is 32.9 Å². The fraction of sp³-hybridized carbons (Fsp3) is 0.240. The molecule has 0 bridgehead atoms. The molecule has 1 unspecified atom stereocenters. The quantitative estimate of drug-likeness (QED) is 0.264. The van der Waals surface area contributed by atoms with Gasteiger partial charge in [-0.2, -0.15) is 5.10 Å². The first kappa shape index (κ1) is 20.5. The molecule has 0 saturated carbocycles. The first-order valence-corrected chi connectivity index (χ1v) is 10.2. The van der Waals surface area contributed by atoms with E-state index in [0.717, 1.165) is 29.8 Å². The third-order valence-corrected chi connectivity index (χ3v) is 4.86. The standard InChI is InChI=1S/C25H30N4/c1-4-9-25(27-22-11-6-5-7-12-22)29(3)24-16-14-21(15-17-24)19-26-28-23-13-8-10-20(2)18-23/h5-8,10-19,25,27-28H,4,9H2,1-3H3/b26-19+. The fourth-order valence-electron chi connectivity index (χ4n) is 3.23. The predicted octanol–water partition coefficient (Wildman–Crippen LogP) is 6.12. The van der Waals surface area contributed by atoms with Crippen molar-refractivity contribution in [2.75, 3.05) is 22.7 Å². The summed E-state index contributed by atoms with van der Waals surface area (Å²) in [6.45, 7) is 4.29. The molecule has 0 aliphatic rings. The number of benzene rings is 3. The molecule has 0 aromatic heterocycles. The van der Waals surface area contributed by atoms with Crippen LogP contribution in [-0.2, 0) is 0 Å². The van der Waals surface area contributed by atoms with Crippen molar-refractivity contribution in [3.8, 4) is 0 Å². The number of aryl methyl sites for hydroxylation is 1. The van der Waals surface area contributed by atoms with E-state index < -0.39 is 0 Å². The van der Waals surface area contributed by atoms with Crippen LogP contribution in [0.1, 0.15) is 30.9 Å². The van der Waals surface area contributed by atoms with Crippen LogP contribution >= 0.6 is 0 Å². The van der Waals surface area contributed by atoms with Gasteiger partial charge in [-0.15, -0.1) is 0 Å². The number of nitrogens with zero attached hydrogens (tertiary/aromatic N) is 2. The lowest BCUT2D eigenvalue weighted by atomic mass is 10.1. The monoisotopic (exact) mass is 386 g/mol. The van der Waals surface area contributed by atoms with Gasteiger partial charge in [-0.3, -0.25) is 5.43 Å². The van der Waals surface area contributed by atoms with Crippen LogP contribution in [0.15, 0.2) is 84.0 Å². The molecule has 1 atom stereocenters. The molecule has 29 heavy (non-hydrogen) atoms. The summed E-state index contributed by atoms with van der Waals surface area (Å²) in [5.74, 6) is 0. The Balaban J connectivity index is 1.63. The average Bonchev–Trinajstić information content (AvgIpc) is 2.74. The summed E-state index contributed by atoms with van der Waals surface area (Å²) in [6, 6.07) is 27.0. The lowest BCUT2D eigenvalue weighted by Crippen LogP contribution is -2.38. The van der Waals surface area contributed by atoms with E-state index >= 15 is 0 Å². The molecule has 150 valence electrons.